The molecule has 18 heavy (non-hydrogen) atoms. The summed E-state index contributed by atoms with van der Waals surface area (Å²) in [5.41, 5.74) is 1.24. The predicted octanol–water partition coefficient (Wildman–Crippen LogP) is 2.50. The maximum atomic E-state index is 11.0. The van der Waals surface area contributed by atoms with Gasteiger partial charge in [-0.2, -0.15) is 0 Å². The summed E-state index contributed by atoms with van der Waals surface area (Å²) < 4.78 is 16.2. The van der Waals surface area contributed by atoms with Crippen molar-refractivity contribution in [3.05, 3.63) is 29.8 Å². The summed E-state index contributed by atoms with van der Waals surface area (Å²) in [6.07, 6.45) is 2.68. The molecule has 0 aliphatic carbocycles. The summed E-state index contributed by atoms with van der Waals surface area (Å²) in [6.45, 7) is 4.27. The number of methoxy groups -OCH3 is 1. The number of nitrogens with one attached hydrogen (secondary N) is 1. The van der Waals surface area contributed by atoms with Crippen LogP contribution in [0.1, 0.15) is 31.9 Å². The van der Waals surface area contributed by atoms with Gasteiger partial charge < -0.3 is 10.1 Å². The van der Waals surface area contributed by atoms with Crippen molar-refractivity contribution in [3.63, 3.8) is 0 Å². The van der Waals surface area contributed by atoms with Gasteiger partial charge in [0.1, 0.15) is 5.75 Å². The van der Waals surface area contributed by atoms with E-state index in [0.717, 1.165) is 17.9 Å². The summed E-state index contributed by atoms with van der Waals surface area (Å²) in [4.78, 5) is 0. The molecule has 0 aliphatic heterocycles. The molecule has 0 aliphatic rings. The average Bonchev–Trinajstić information content (AvgIpc) is 2.36. The van der Waals surface area contributed by atoms with Crippen molar-refractivity contribution in [3.8, 4) is 5.75 Å². The van der Waals surface area contributed by atoms with Crippen LogP contribution in [0.5, 0.6) is 5.75 Å². The lowest BCUT2D eigenvalue weighted by molar-refractivity contribution is 0.414. The van der Waals surface area contributed by atoms with Crippen LogP contribution in [0, 0.1) is 0 Å². The minimum Gasteiger partial charge on any atom is -0.497 e. The summed E-state index contributed by atoms with van der Waals surface area (Å²) >= 11 is 0. The molecule has 3 atom stereocenters. The average molecular weight is 269 g/mol. The molecule has 1 aromatic carbocycles. The Bertz CT molecular complexity index is 378. The molecule has 0 spiro atoms. The molecule has 102 valence electrons. The predicted molar refractivity (Wildman–Crippen MR) is 77.6 cm³/mol. The van der Waals surface area contributed by atoms with Crippen LogP contribution >= 0.6 is 0 Å². The molecule has 1 aromatic rings. The first-order chi connectivity index (χ1) is 8.52. The second-order valence-electron chi connectivity index (χ2n) is 4.63. The Morgan fingerprint density at radius 1 is 1.28 bits per heavy atom. The zero-order valence-electron chi connectivity index (χ0n) is 11.6. The SMILES string of the molecule is COc1ccc(C(C)NC(C)CCS(C)=O)cc1. The molecule has 0 fully saturated rings. The molecule has 1 rings (SSSR count). The number of hydrogen-bond donors (Lipinski definition) is 1. The van der Waals surface area contributed by atoms with Crippen LogP contribution in [0.25, 0.3) is 0 Å². The van der Waals surface area contributed by atoms with Gasteiger partial charge in [0.25, 0.3) is 0 Å². The number of rotatable bonds is 7. The molecule has 0 aromatic heterocycles. The van der Waals surface area contributed by atoms with Crippen LogP contribution in [0.3, 0.4) is 0 Å². The highest BCUT2D eigenvalue weighted by Gasteiger charge is 2.09. The van der Waals surface area contributed by atoms with E-state index in [2.05, 4.69) is 31.3 Å². The molecule has 0 bridgehead atoms. The number of ether oxygens (including phenoxy) is 1. The summed E-state index contributed by atoms with van der Waals surface area (Å²) in [5.74, 6) is 1.63. The molecule has 0 radical (unpaired) electrons. The minimum atomic E-state index is -0.706. The molecule has 0 amide bonds. The Morgan fingerprint density at radius 2 is 1.89 bits per heavy atom. The zero-order valence-corrected chi connectivity index (χ0v) is 12.4. The maximum absolute atomic E-state index is 11.0. The van der Waals surface area contributed by atoms with Gasteiger partial charge in [0, 0.05) is 34.9 Å². The lowest BCUT2D eigenvalue weighted by atomic mass is 10.1. The van der Waals surface area contributed by atoms with Gasteiger partial charge in [0.15, 0.2) is 0 Å². The van der Waals surface area contributed by atoms with Crippen molar-refractivity contribution in [1.29, 1.82) is 0 Å². The van der Waals surface area contributed by atoms with Gasteiger partial charge in [-0.15, -0.1) is 0 Å². The van der Waals surface area contributed by atoms with Crippen LogP contribution < -0.4 is 10.1 Å². The van der Waals surface area contributed by atoms with Gasteiger partial charge in [-0.1, -0.05) is 12.1 Å². The summed E-state index contributed by atoms with van der Waals surface area (Å²) in [5, 5.41) is 3.51. The van der Waals surface area contributed by atoms with E-state index < -0.39 is 10.8 Å². The van der Waals surface area contributed by atoms with Crippen molar-refractivity contribution in [1.82, 2.24) is 5.32 Å². The second-order valence-corrected chi connectivity index (χ2v) is 6.18. The van der Waals surface area contributed by atoms with E-state index >= 15 is 0 Å². The second kappa shape index (κ2) is 7.54. The first-order valence-electron chi connectivity index (χ1n) is 6.23. The van der Waals surface area contributed by atoms with Gasteiger partial charge in [-0.05, 0) is 38.0 Å². The van der Waals surface area contributed by atoms with Gasteiger partial charge in [-0.25, -0.2) is 0 Å². The Morgan fingerprint density at radius 3 is 2.39 bits per heavy atom. The van der Waals surface area contributed by atoms with Crippen molar-refractivity contribution in [2.45, 2.75) is 32.4 Å². The van der Waals surface area contributed by atoms with Crippen LogP contribution in [0.4, 0.5) is 0 Å². The summed E-state index contributed by atoms with van der Waals surface area (Å²) in [7, 11) is 0.964. The Hall–Kier alpha value is -0.870. The third kappa shape index (κ3) is 5.19. The largest absolute Gasteiger partial charge is 0.497 e. The normalized spacial score (nSPS) is 16.0. The number of hydrogen-bond acceptors (Lipinski definition) is 3. The Balaban J connectivity index is 2.47. The van der Waals surface area contributed by atoms with E-state index in [1.807, 2.05) is 12.1 Å². The fourth-order valence-electron chi connectivity index (χ4n) is 1.84. The van der Waals surface area contributed by atoms with E-state index in [9.17, 15) is 4.21 Å². The van der Waals surface area contributed by atoms with Crippen molar-refractivity contribution in [2.24, 2.45) is 0 Å². The topological polar surface area (TPSA) is 38.3 Å². The minimum absolute atomic E-state index is 0.288. The van der Waals surface area contributed by atoms with Gasteiger partial charge in [0.2, 0.25) is 0 Å². The third-order valence-corrected chi connectivity index (χ3v) is 3.80. The Kier molecular flexibility index (Phi) is 6.36. The molecule has 0 heterocycles. The summed E-state index contributed by atoms with van der Waals surface area (Å²) in [6, 6.07) is 8.74. The van der Waals surface area contributed by atoms with Crippen LogP contribution in [-0.2, 0) is 10.8 Å². The van der Waals surface area contributed by atoms with E-state index in [4.69, 9.17) is 4.74 Å². The van der Waals surface area contributed by atoms with Crippen molar-refractivity contribution >= 4 is 10.8 Å². The zero-order chi connectivity index (χ0) is 13.5. The van der Waals surface area contributed by atoms with Gasteiger partial charge >= 0.3 is 0 Å². The van der Waals surface area contributed by atoms with E-state index in [1.165, 1.54) is 5.56 Å². The van der Waals surface area contributed by atoms with E-state index in [-0.39, 0.29) is 6.04 Å². The van der Waals surface area contributed by atoms with Crippen LogP contribution in [0.15, 0.2) is 24.3 Å². The molecule has 3 unspecified atom stereocenters. The quantitative estimate of drug-likeness (QED) is 0.826. The standard InChI is InChI=1S/C14H23NO2S/c1-11(9-10-18(4)16)15-12(2)13-5-7-14(17-3)8-6-13/h5-8,11-12,15H,9-10H2,1-4H3. The monoisotopic (exact) mass is 269 g/mol. The molecule has 0 saturated heterocycles. The molecular weight excluding hydrogens is 246 g/mol. The first kappa shape index (κ1) is 15.2. The lowest BCUT2D eigenvalue weighted by Crippen LogP contribution is -2.30. The first-order valence-corrected chi connectivity index (χ1v) is 7.95. The van der Waals surface area contributed by atoms with Crippen molar-refractivity contribution < 1.29 is 8.95 Å². The van der Waals surface area contributed by atoms with Crippen molar-refractivity contribution in [2.75, 3.05) is 19.1 Å². The molecule has 4 heteroatoms. The fraction of sp³-hybridized carbons (Fsp3) is 0.571. The Labute approximate surface area is 112 Å². The van der Waals surface area contributed by atoms with E-state index in [0.29, 0.717) is 6.04 Å². The molecule has 0 saturated carbocycles. The van der Waals surface area contributed by atoms with Gasteiger partial charge in [-0.3, -0.25) is 4.21 Å². The molecular formula is C14H23NO2S. The highest BCUT2D eigenvalue weighted by molar-refractivity contribution is 7.84. The highest BCUT2D eigenvalue weighted by Crippen LogP contribution is 2.17. The molecule has 1 N–H and O–H groups in total. The van der Waals surface area contributed by atoms with Crippen LogP contribution in [0.2, 0.25) is 0 Å². The van der Waals surface area contributed by atoms with Crippen LogP contribution in [-0.4, -0.2) is 29.4 Å². The third-order valence-electron chi connectivity index (χ3n) is 2.99. The number of benzene rings is 1. The maximum Gasteiger partial charge on any atom is 0.118 e. The lowest BCUT2D eigenvalue weighted by Gasteiger charge is -2.20. The van der Waals surface area contributed by atoms with Gasteiger partial charge in [0.05, 0.1) is 7.11 Å². The molecule has 3 nitrogen and oxygen atoms in total. The highest BCUT2D eigenvalue weighted by atomic mass is 32.2. The van der Waals surface area contributed by atoms with E-state index in [1.54, 1.807) is 13.4 Å². The fourth-order valence-corrected chi connectivity index (χ4v) is 2.53. The smallest absolute Gasteiger partial charge is 0.118 e.